The molecular formula is C14H10Br2N2O2S. The highest BCUT2D eigenvalue weighted by molar-refractivity contribution is 9.11. The van der Waals surface area contributed by atoms with Gasteiger partial charge in [-0.25, -0.2) is 0 Å². The minimum atomic E-state index is -0.298. The van der Waals surface area contributed by atoms with Gasteiger partial charge in [0, 0.05) is 0 Å². The van der Waals surface area contributed by atoms with Crippen LogP contribution >= 0.6 is 43.2 Å². The third-order valence-electron chi connectivity index (χ3n) is 3.09. The molecule has 1 aromatic carbocycles. The van der Waals surface area contributed by atoms with Crippen molar-refractivity contribution < 1.29 is 9.59 Å². The van der Waals surface area contributed by atoms with Crippen LogP contribution in [-0.2, 0) is 9.59 Å². The van der Waals surface area contributed by atoms with Crippen molar-refractivity contribution in [3.8, 4) is 0 Å². The normalized spacial score (nSPS) is 15.7. The van der Waals surface area contributed by atoms with E-state index in [9.17, 15) is 9.59 Å². The summed E-state index contributed by atoms with van der Waals surface area (Å²) in [6.07, 6.45) is -0.154. The Morgan fingerprint density at radius 3 is 2.43 bits per heavy atom. The maximum atomic E-state index is 11.6. The van der Waals surface area contributed by atoms with Crippen molar-refractivity contribution in [2.45, 2.75) is 11.2 Å². The van der Waals surface area contributed by atoms with E-state index in [0.717, 1.165) is 14.9 Å². The largest absolute Gasteiger partial charge is 0.324 e. The summed E-state index contributed by atoms with van der Waals surface area (Å²) >= 11 is 8.74. The van der Waals surface area contributed by atoms with Gasteiger partial charge in [0.05, 0.1) is 20.0 Å². The second-order valence-electron chi connectivity index (χ2n) is 4.62. The highest BCUT2D eigenvalue weighted by Crippen LogP contribution is 2.38. The predicted molar refractivity (Wildman–Crippen MR) is 91.1 cm³/mol. The minimum Gasteiger partial charge on any atom is -0.324 e. The zero-order valence-electron chi connectivity index (χ0n) is 10.7. The van der Waals surface area contributed by atoms with Crippen LogP contribution in [0.3, 0.4) is 0 Å². The second kappa shape index (κ2) is 5.90. The molecule has 0 fully saturated rings. The molecule has 21 heavy (non-hydrogen) atoms. The highest BCUT2D eigenvalue weighted by Gasteiger charge is 2.20. The predicted octanol–water partition coefficient (Wildman–Crippen LogP) is 4.28. The van der Waals surface area contributed by atoms with E-state index in [1.165, 1.54) is 0 Å². The summed E-state index contributed by atoms with van der Waals surface area (Å²) < 4.78 is 1.07. The zero-order chi connectivity index (χ0) is 15.0. The Bertz CT molecular complexity index is 730. The number of rotatable bonds is 2. The smallest absolute Gasteiger partial charge is 0.233 e. The van der Waals surface area contributed by atoms with Gasteiger partial charge in [-0.15, -0.1) is 11.3 Å². The van der Waals surface area contributed by atoms with Gasteiger partial charge in [0.15, 0.2) is 0 Å². The van der Waals surface area contributed by atoms with Crippen LogP contribution in [0, 0.1) is 0 Å². The Morgan fingerprint density at radius 2 is 1.76 bits per heavy atom. The number of alkyl halides is 1. The van der Waals surface area contributed by atoms with Crippen LogP contribution in [0.1, 0.15) is 22.4 Å². The van der Waals surface area contributed by atoms with Crippen LogP contribution in [0.2, 0.25) is 0 Å². The third-order valence-corrected chi connectivity index (χ3v) is 5.67. The summed E-state index contributed by atoms with van der Waals surface area (Å²) in [5, 5.41) is 7.54. The molecule has 0 saturated heterocycles. The van der Waals surface area contributed by atoms with Crippen molar-refractivity contribution in [1.29, 1.82) is 0 Å². The van der Waals surface area contributed by atoms with Crippen LogP contribution in [0.25, 0.3) is 0 Å². The highest BCUT2D eigenvalue weighted by atomic mass is 79.9. The quantitative estimate of drug-likeness (QED) is 0.553. The van der Waals surface area contributed by atoms with Crippen molar-refractivity contribution in [2.75, 3.05) is 10.6 Å². The Morgan fingerprint density at radius 1 is 1.05 bits per heavy atom. The van der Waals surface area contributed by atoms with Crippen LogP contribution in [0.15, 0.2) is 33.4 Å². The lowest BCUT2D eigenvalue weighted by Gasteiger charge is -2.13. The average molecular weight is 430 g/mol. The van der Waals surface area contributed by atoms with Gasteiger partial charge >= 0.3 is 0 Å². The average Bonchev–Trinajstić information content (AvgIpc) is 2.79. The van der Waals surface area contributed by atoms with E-state index in [2.05, 4.69) is 53.9 Å². The molecule has 7 heteroatoms. The second-order valence-corrected chi connectivity index (χ2v) is 7.83. The number of hydrogen-bond donors (Lipinski definition) is 2. The van der Waals surface area contributed by atoms with Crippen molar-refractivity contribution in [1.82, 2.24) is 0 Å². The Hall–Kier alpha value is -1.18. The molecule has 3 rings (SSSR count). The fourth-order valence-corrected chi connectivity index (χ4v) is 4.04. The molecule has 1 unspecified atom stereocenters. The van der Waals surface area contributed by atoms with Crippen molar-refractivity contribution in [3.05, 3.63) is 44.6 Å². The van der Waals surface area contributed by atoms with E-state index in [0.29, 0.717) is 11.4 Å². The first-order valence-electron chi connectivity index (χ1n) is 6.14. The van der Waals surface area contributed by atoms with E-state index < -0.39 is 0 Å². The Labute approximate surface area is 142 Å². The zero-order valence-corrected chi connectivity index (χ0v) is 14.6. The summed E-state index contributed by atoms with van der Waals surface area (Å²) in [6, 6.07) is 7.67. The summed E-state index contributed by atoms with van der Waals surface area (Å²) in [5.41, 5.74) is 3.40. The van der Waals surface area contributed by atoms with E-state index in [-0.39, 0.29) is 23.1 Å². The summed E-state index contributed by atoms with van der Waals surface area (Å²) in [7, 11) is 0. The number of anilines is 2. The number of fused-ring (bicyclic) bond motifs is 1. The van der Waals surface area contributed by atoms with Gasteiger partial charge in [-0.3, -0.25) is 9.59 Å². The lowest BCUT2D eigenvalue weighted by molar-refractivity contribution is -0.123. The topological polar surface area (TPSA) is 58.2 Å². The molecule has 2 N–H and O–H groups in total. The molecule has 0 saturated carbocycles. The number of amides is 2. The van der Waals surface area contributed by atoms with E-state index >= 15 is 0 Å². The van der Waals surface area contributed by atoms with Crippen molar-refractivity contribution >= 4 is 66.4 Å². The van der Waals surface area contributed by atoms with Crippen LogP contribution in [-0.4, -0.2) is 11.8 Å². The molecule has 2 aromatic rings. The first kappa shape index (κ1) is 14.7. The molecule has 0 bridgehead atoms. The molecule has 2 heterocycles. The number of carbonyl (C=O) groups is 2. The fraction of sp³-hybridized carbons (Fsp3) is 0.143. The van der Waals surface area contributed by atoms with Crippen molar-refractivity contribution in [2.24, 2.45) is 0 Å². The summed E-state index contributed by atoms with van der Waals surface area (Å²) in [4.78, 5) is 23.2. The van der Waals surface area contributed by atoms with Crippen LogP contribution < -0.4 is 10.6 Å². The first-order valence-corrected chi connectivity index (χ1v) is 8.73. The number of thiophene rings is 1. The maximum absolute atomic E-state index is 11.6. The molecule has 1 aliphatic heterocycles. The monoisotopic (exact) mass is 428 g/mol. The lowest BCUT2D eigenvalue weighted by Crippen LogP contribution is -2.16. The minimum absolute atomic E-state index is 0.0289. The number of nitrogens with one attached hydrogen (secondary N) is 2. The standard InChI is InChI=1S/C14H10Br2N2O2S/c15-11-4-8(6-21-11)14(16)7-1-2-9-10(3-7)18-13(20)5-12(19)17-9/h1-4,6,14H,5H2,(H,17,19)(H,18,20). The molecule has 1 atom stereocenters. The van der Waals surface area contributed by atoms with Gasteiger partial charge in [0.1, 0.15) is 6.42 Å². The molecule has 1 aromatic heterocycles. The molecule has 4 nitrogen and oxygen atoms in total. The molecule has 0 spiro atoms. The number of halogens is 2. The summed E-state index contributed by atoms with van der Waals surface area (Å²) in [5.74, 6) is -0.594. The molecule has 108 valence electrons. The fourth-order valence-electron chi connectivity index (χ4n) is 2.12. The molecule has 2 amide bonds. The molecule has 1 aliphatic rings. The maximum Gasteiger partial charge on any atom is 0.233 e. The molecular weight excluding hydrogens is 420 g/mol. The van der Waals surface area contributed by atoms with Crippen LogP contribution in [0.5, 0.6) is 0 Å². The van der Waals surface area contributed by atoms with Gasteiger partial charge in [0.25, 0.3) is 0 Å². The number of hydrogen-bond acceptors (Lipinski definition) is 3. The molecule has 0 radical (unpaired) electrons. The van der Waals surface area contributed by atoms with Gasteiger partial charge in [0.2, 0.25) is 11.8 Å². The van der Waals surface area contributed by atoms with E-state index in [1.807, 2.05) is 18.2 Å². The van der Waals surface area contributed by atoms with Gasteiger partial charge < -0.3 is 10.6 Å². The SMILES string of the molecule is O=C1CC(=O)Nc2cc(C(Br)c3csc(Br)c3)ccc2N1. The number of benzene rings is 1. The van der Waals surface area contributed by atoms with E-state index in [1.54, 1.807) is 11.3 Å². The number of carbonyl (C=O) groups excluding carboxylic acids is 2. The van der Waals surface area contributed by atoms with Gasteiger partial charge in [-0.2, -0.15) is 0 Å². The lowest BCUT2D eigenvalue weighted by atomic mass is 10.1. The van der Waals surface area contributed by atoms with E-state index in [4.69, 9.17) is 0 Å². The molecule has 0 aliphatic carbocycles. The van der Waals surface area contributed by atoms with Crippen molar-refractivity contribution in [3.63, 3.8) is 0 Å². The Kier molecular flexibility index (Phi) is 4.14. The van der Waals surface area contributed by atoms with Gasteiger partial charge in [-0.05, 0) is 50.6 Å². The van der Waals surface area contributed by atoms with Crippen LogP contribution in [0.4, 0.5) is 11.4 Å². The first-order chi connectivity index (χ1) is 10.0. The third kappa shape index (κ3) is 3.20. The Balaban J connectivity index is 1.95. The summed E-state index contributed by atoms with van der Waals surface area (Å²) in [6.45, 7) is 0. The van der Waals surface area contributed by atoms with Gasteiger partial charge in [-0.1, -0.05) is 22.0 Å².